The first kappa shape index (κ1) is 26.2. The number of alkyl carbamates (subject to hydrolysis) is 1. The molecule has 1 aliphatic heterocycles. The third kappa shape index (κ3) is 5.94. The van der Waals surface area contributed by atoms with E-state index in [4.69, 9.17) is 4.74 Å². The Balaban J connectivity index is 1.57. The van der Waals surface area contributed by atoms with Crippen molar-refractivity contribution in [2.24, 2.45) is 0 Å². The van der Waals surface area contributed by atoms with Crippen LogP contribution in [0.25, 0.3) is 10.8 Å². The summed E-state index contributed by atoms with van der Waals surface area (Å²) in [6.07, 6.45) is -0.589. The van der Waals surface area contributed by atoms with Crippen LogP contribution in [-0.2, 0) is 9.53 Å². The molecule has 0 aromatic heterocycles. The van der Waals surface area contributed by atoms with E-state index in [2.05, 4.69) is 5.32 Å². The number of carbonyl (C=O) groups is 4. The zero-order valence-electron chi connectivity index (χ0n) is 20.8. The molecule has 3 aromatic rings. The molecule has 0 spiro atoms. The maximum Gasteiger partial charge on any atom is 0.407 e. The van der Waals surface area contributed by atoms with Crippen LogP contribution in [-0.4, -0.2) is 57.8 Å². The van der Waals surface area contributed by atoms with Crippen molar-refractivity contribution in [2.45, 2.75) is 37.7 Å². The smallest absolute Gasteiger partial charge is 0.407 e. The van der Waals surface area contributed by atoms with Crippen molar-refractivity contribution in [3.8, 4) is 0 Å². The summed E-state index contributed by atoms with van der Waals surface area (Å²) in [5, 5.41) is 14.4. The first-order valence-corrected chi connectivity index (χ1v) is 12.9. The monoisotopic (exact) mass is 520 g/mol. The largest absolute Gasteiger partial charge is 0.480 e. The van der Waals surface area contributed by atoms with Crippen molar-refractivity contribution >= 4 is 46.4 Å². The van der Waals surface area contributed by atoms with E-state index in [-0.39, 0.29) is 28.7 Å². The normalized spacial score (nSPS) is 14.8. The number of carboxylic acids is 1. The molecular weight excluding hydrogens is 492 g/mol. The second kappa shape index (κ2) is 10.6. The quantitative estimate of drug-likeness (QED) is 0.407. The highest BCUT2D eigenvalue weighted by molar-refractivity contribution is 7.99. The first-order chi connectivity index (χ1) is 17.5. The van der Waals surface area contributed by atoms with Gasteiger partial charge in [0.1, 0.15) is 11.6 Å². The highest BCUT2D eigenvalue weighted by atomic mass is 32.2. The van der Waals surface area contributed by atoms with Crippen molar-refractivity contribution < 1.29 is 29.0 Å². The van der Waals surface area contributed by atoms with Gasteiger partial charge >= 0.3 is 12.1 Å². The van der Waals surface area contributed by atoms with Crippen LogP contribution in [0.3, 0.4) is 0 Å². The molecule has 3 amide bonds. The van der Waals surface area contributed by atoms with Crippen LogP contribution in [0.1, 0.15) is 52.3 Å². The lowest BCUT2D eigenvalue weighted by Gasteiger charge is -2.26. The van der Waals surface area contributed by atoms with E-state index in [1.165, 1.54) is 23.9 Å². The predicted octanol–water partition coefficient (Wildman–Crippen LogP) is 4.89. The van der Waals surface area contributed by atoms with Gasteiger partial charge in [-0.1, -0.05) is 48.5 Å². The van der Waals surface area contributed by atoms with Gasteiger partial charge in [-0.15, -0.1) is 11.8 Å². The van der Waals surface area contributed by atoms with Gasteiger partial charge in [-0.3, -0.25) is 14.5 Å². The van der Waals surface area contributed by atoms with Crippen LogP contribution in [0.4, 0.5) is 4.79 Å². The Bertz CT molecular complexity index is 1330. The number of nitrogens with one attached hydrogen (secondary N) is 1. The van der Waals surface area contributed by atoms with Crippen LogP contribution in [0.2, 0.25) is 0 Å². The van der Waals surface area contributed by atoms with E-state index in [9.17, 15) is 24.3 Å². The molecule has 0 bridgehead atoms. The predicted molar refractivity (Wildman–Crippen MR) is 142 cm³/mol. The summed E-state index contributed by atoms with van der Waals surface area (Å²) in [6, 6.07) is 18.6. The zero-order valence-corrected chi connectivity index (χ0v) is 21.6. The summed E-state index contributed by atoms with van der Waals surface area (Å²) >= 11 is 1.25. The Labute approximate surface area is 219 Å². The second-order valence-electron chi connectivity index (χ2n) is 9.69. The van der Waals surface area contributed by atoms with Crippen LogP contribution >= 0.6 is 11.8 Å². The van der Waals surface area contributed by atoms with Gasteiger partial charge in [-0.25, -0.2) is 9.59 Å². The molecule has 0 saturated carbocycles. The molecule has 1 unspecified atom stereocenters. The Morgan fingerprint density at radius 3 is 2.14 bits per heavy atom. The second-order valence-corrected chi connectivity index (χ2v) is 10.9. The number of benzene rings is 3. The Hall–Kier alpha value is -3.85. The summed E-state index contributed by atoms with van der Waals surface area (Å²) in [5.41, 5.74) is 0.587. The lowest BCUT2D eigenvalue weighted by atomic mass is 10.0. The number of ether oxygens (including phenoxy) is 1. The first-order valence-electron chi connectivity index (χ1n) is 11.8. The summed E-state index contributed by atoms with van der Waals surface area (Å²) in [7, 11) is 0. The lowest BCUT2D eigenvalue weighted by Crippen LogP contribution is -2.46. The average molecular weight is 521 g/mol. The highest BCUT2D eigenvalue weighted by Crippen LogP contribution is 2.33. The van der Waals surface area contributed by atoms with Crippen molar-refractivity contribution in [1.29, 1.82) is 0 Å². The van der Waals surface area contributed by atoms with E-state index in [0.29, 0.717) is 0 Å². The van der Waals surface area contributed by atoms with Crippen molar-refractivity contribution in [3.63, 3.8) is 0 Å². The number of amides is 3. The van der Waals surface area contributed by atoms with Gasteiger partial charge in [-0.2, -0.15) is 0 Å². The molecule has 3 aromatic carbocycles. The zero-order chi connectivity index (χ0) is 26.7. The molecular formula is C28H28N2O6S. The van der Waals surface area contributed by atoms with Crippen LogP contribution in [0.5, 0.6) is 0 Å². The fourth-order valence-corrected chi connectivity index (χ4v) is 5.37. The molecule has 8 nitrogen and oxygen atoms in total. The van der Waals surface area contributed by atoms with Gasteiger partial charge in [0, 0.05) is 17.5 Å². The van der Waals surface area contributed by atoms with Crippen LogP contribution in [0, 0.1) is 0 Å². The average Bonchev–Trinajstić information content (AvgIpc) is 3.10. The fraction of sp³-hybridized carbons (Fsp3) is 0.286. The molecule has 1 heterocycles. The number of hydrogen-bond donors (Lipinski definition) is 2. The fourth-order valence-electron chi connectivity index (χ4n) is 4.13. The Morgan fingerprint density at radius 1 is 0.946 bits per heavy atom. The minimum absolute atomic E-state index is 0.0612. The third-order valence-electron chi connectivity index (χ3n) is 5.85. The third-order valence-corrected chi connectivity index (χ3v) is 7.20. The highest BCUT2D eigenvalue weighted by Gasteiger charge is 2.43. The number of imide groups is 1. The maximum absolute atomic E-state index is 12.9. The van der Waals surface area contributed by atoms with Crippen molar-refractivity contribution in [1.82, 2.24) is 10.2 Å². The molecule has 0 aliphatic carbocycles. The lowest BCUT2D eigenvalue weighted by molar-refractivity contribution is -0.140. The van der Waals surface area contributed by atoms with Gasteiger partial charge < -0.3 is 15.2 Å². The number of carbonyl (C=O) groups excluding carboxylic acids is 3. The van der Waals surface area contributed by atoms with Gasteiger partial charge in [0.2, 0.25) is 0 Å². The number of fused-ring (bicyclic) bond motifs is 2. The topological polar surface area (TPSA) is 113 Å². The number of rotatable bonds is 8. The molecule has 0 saturated heterocycles. The van der Waals surface area contributed by atoms with Gasteiger partial charge in [0.25, 0.3) is 11.8 Å². The SMILES string of the molecule is CC(C)(C)OC(=O)NCC(SC[C@@H](C(=O)O)N1C(=O)c2ccccc2C1=O)c1ccc2ccccc2c1. The number of nitrogens with zero attached hydrogens (tertiary/aromatic N) is 1. The van der Waals surface area contributed by atoms with E-state index in [1.807, 2.05) is 42.5 Å². The number of thioether (sulfide) groups is 1. The molecule has 0 radical (unpaired) electrons. The van der Waals surface area contributed by atoms with Gasteiger partial charge in [-0.05, 0) is 55.3 Å². The summed E-state index contributed by atoms with van der Waals surface area (Å²) in [6.45, 7) is 5.46. The summed E-state index contributed by atoms with van der Waals surface area (Å²) in [5.74, 6) is -2.58. The molecule has 4 rings (SSSR count). The van der Waals surface area contributed by atoms with E-state index < -0.39 is 35.5 Å². The van der Waals surface area contributed by atoms with Crippen LogP contribution < -0.4 is 5.32 Å². The molecule has 9 heteroatoms. The Kier molecular flexibility index (Phi) is 7.54. The molecule has 37 heavy (non-hydrogen) atoms. The van der Waals surface area contributed by atoms with Crippen LogP contribution in [0.15, 0.2) is 66.7 Å². The van der Waals surface area contributed by atoms with E-state index in [0.717, 1.165) is 21.2 Å². The van der Waals surface area contributed by atoms with Gasteiger partial charge in [0.15, 0.2) is 0 Å². The molecule has 2 N–H and O–H groups in total. The molecule has 1 aliphatic rings. The van der Waals surface area contributed by atoms with Gasteiger partial charge in [0.05, 0.1) is 11.1 Å². The Morgan fingerprint density at radius 2 is 1.54 bits per heavy atom. The number of hydrogen-bond acceptors (Lipinski definition) is 6. The number of aliphatic carboxylic acids is 1. The van der Waals surface area contributed by atoms with E-state index >= 15 is 0 Å². The van der Waals surface area contributed by atoms with Crippen molar-refractivity contribution in [2.75, 3.05) is 12.3 Å². The minimum Gasteiger partial charge on any atom is -0.480 e. The van der Waals surface area contributed by atoms with Crippen molar-refractivity contribution in [3.05, 3.63) is 83.4 Å². The minimum atomic E-state index is -1.37. The summed E-state index contributed by atoms with van der Waals surface area (Å²) in [4.78, 5) is 51.2. The number of carboxylic acid groups (broad SMARTS) is 1. The van der Waals surface area contributed by atoms with E-state index in [1.54, 1.807) is 32.9 Å². The summed E-state index contributed by atoms with van der Waals surface area (Å²) < 4.78 is 5.35. The molecule has 192 valence electrons. The molecule has 0 fully saturated rings. The standard InChI is InChI=1S/C28H28N2O6S/c1-28(2,3)36-27(35)29-15-23(19-13-12-17-8-4-5-9-18(17)14-19)37-16-22(26(33)34)30-24(31)20-10-6-7-11-21(20)25(30)32/h4-14,22-23H,15-16H2,1-3H3,(H,29,35)(H,33,34)/t22-,23?/m0/s1. The molecule has 2 atom stereocenters. The maximum atomic E-state index is 12.9.